The molecule has 0 aromatic heterocycles. The number of hydrogen-bond donors (Lipinski definition) is 2. The quantitative estimate of drug-likeness (QED) is 0.864. The minimum Gasteiger partial charge on any atom is -0.488 e. The van der Waals surface area contributed by atoms with Crippen LogP contribution in [0.2, 0.25) is 0 Å². The Morgan fingerprint density at radius 2 is 1.89 bits per heavy atom. The van der Waals surface area contributed by atoms with Gasteiger partial charge in [-0.3, -0.25) is 4.79 Å². The summed E-state index contributed by atoms with van der Waals surface area (Å²) in [6.07, 6.45) is -0.580. The van der Waals surface area contributed by atoms with Gasteiger partial charge in [0.25, 0.3) is 0 Å². The number of rotatable bonds is 4. The Balaban J connectivity index is 2.19. The topological polar surface area (TPSA) is 72.5 Å². The molecule has 4 heteroatoms. The lowest BCUT2D eigenvalue weighted by Gasteiger charge is -2.18. The Morgan fingerprint density at radius 3 is 2.56 bits per heavy atom. The SMILES string of the molecule is C[C@@H](Oc1ccc2ccccc2c1)[C@H](N)C(=O)O. The average molecular weight is 245 g/mol. The third kappa shape index (κ3) is 2.60. The van der Waals surface area contributed by atoms with Crippen molar-refractivity contribution in [3.8, 4) is 5.75 Å². The highest BCUT2D eigenvalue weighted by molar-refractivity contribution is 5.83. The summed E-state index contributed by atoms with van der Waals surface area (Å²) in [5.74, 6) is -0.443. The maximum Gasteiger partial charge on any atom is 0.324 e. The van der Waals surface area contributed by atoms with E-state index in [9.17, 15) is 4.79 Å². The Bertz CT molecular complexity index is 568. The zero-order valence-corrected chi connectivity index (χ0v) is 10.0. The molecule has 0 spiro atoms. The van der Waals surface area contributed by atoms with Gasteiger partial charge in [0.05, 0.1) is 0 Å². The number of benzene rings is 2. The first kappa shape index (κ1) is 12.4. The van der Waals surface area contributed by atoms with Crippen molar-refractivity contribution in [1.82, 2.24) is 0 Å². The molecular formula is C14H15NO3. The predicted molar refractivity (Wildman–Crippen MR) is 69.6 cm³/mol. The van der Waals surface area contributed by atoms with E-state index in [-0.39, 0.29) is 0 Å². The van der Waals surface area contributed by atoms with Crippen LogP contribution in [0.3, 0.4) is 0 Å². The van der Waals surface area contributed by atoms with Crippen molar-refractivity contribution >= 4 is 16.7 Å². The summed E-state index contributed by atoms with van der Waals surface area (Å²) in [6.45, 7) is 1.65. The maximum absolute atomic E-state index is 10.7. The maximum atomic E-state index is 10.7. The fourth-order valence-electron chi connectivity index (χ4n) is 1.73. The van der Waals surface area contributed by atoms with Gasteiger partial charge in [-0.25, -0.2) is 0 Å². The van der Waals surface area contributed by atoms with Gasteiger partial charge in [0, 0.05) is 0 Å². The number of carboxylic acid groups (broad SMARTS) is 1. The largest absolute Gasteiger partial charge is 0.488 e. The van der Waals surface area contributed by atoms with Gasteiger partial charge in [0.1, 0.15) is 17.9 Å². The van der Waals surface area contributed by atoms with Gasteiger partial charge in [-0.2, -0.15) is 0 Å². The molecule has 0 radical (unpaired) electrons. The molecule has 0 bridgehead atoms. The zero-order chi connectivity index (χ0) is 13.1. The monoisotopic (exact) mass is 245 g/mol. The second kappa shape index (κ2) is 5.06. The molecule has 4 nitrogen and oxygen atoms in total. The highest BCUT2D eigenvalue weighted by Gasteiger charge is 2.21. The third-order valence-electron chi connectivity index (χ3n) is 2.83. The summed E-state index contributed by atoms with van der Waals surface area (Å²) in [6, 6.07) is 12.5. The van der Waals surface area contributed by atoms with E-state index >= 15 is 0 Å². The molecule has 2 rings (SSSR count). The van der Waals surface area contributed by atoms with Crippen molar-refractivity contribution in [2.75, 3.05) is 0 Å². The zero-order valence-electron chi connectivity index (χ0n) is 10.0. The molecule has 0 aliphatic rings. The molecule has 0 fully saturated rings. The van der Waals surface area contributed by atoms with Gasteiger partial charge in [-0.05, 0) is 29.8 Å². The molecule has 0 amide bonds. The third-order valence-corrected chi connectivity index (χ3v) is 2.83. The minimum atomic E-state index is -1.07. The Hall–Kier alpha value is -2.07. The van der Waals surface area contributed by atoms with Crippen molar-refractivity contribution in [3.63, 3.8) is 0 Å². The van der Waals surface area contributed by atoms with Crippen LogP contribution in [-0.4, -0.2) is 23.2 Å². The smallest absolute Gasteiger partial charge is 0.324 e. The minimum absolute atomic E-state index is 0.580. The first-order valence-electron chi connectivity index (χ1n) is 5.72. The van der Waals surface area contributed by atoms with E-state index in [2.05, 4.69) is 0 Å². The number of nitrogens with two attached hydrogens (primary N) is 1. The van der Waals surface area contributed by atoms with Crippen LogP contribution in [0.5, 0.6) is 5.75 Å². The number of fused-ring (bicyclic) bond motifs is 1. The highest BCUT2D eigenvalue weighted by Crippen LogP contribution is 2.21. The van der Waals surface area contributed by atoms with Gasteiger partial charge in [-0.15, -0.1) is 0 Å². The molecule has 18 heavy (non-hydrogen) atoms. The second-order valence-corrected chi connectivity index (χ2v) is 4.20. The average Bonchev–Trinajstić information content (AvgIpc) is 2.37. The molecule has 0 heterocycles. The van der Waals surface area contributed by atoms with Crippen LogP contribution in [-0.2, 0) is 4.79 Å². The van der Waals surface area contributed by atoms with Crippen molar-refractivity contribution < 1.29 is 14.6 Å². The van der Waals surface area contributed by atoms with Crippen LogP contribution in [0.1, 0.15) is 6.92 Å². The van der Waals surface area contributed by atoms with Crippen LogP contribution < -0.4 is 10.5 Å². The summed E-state index contributed by atoms with van der Waals surface area (Å²) in [5.41, 5.74) is 5.50. The second-order valence-electron chi connectivity index (χ2n) is 4.20. The van der Waals surface area contributed by atoms with Crippen molar-refractivity contribution in [1.29, 1.82) is 0 Å². The number of hydrogen-bond acceptors (Lipinski definition) is 3. The fourth-order valence-corrected chi connectivity index (χ4v) is 1.73. The van der Waals surface area contributed by atoms with Gasteiger partial charge < -0.3 is 15.6 Å². The first-order valence-corrected chi connectivity index (χ1v) is 5.72. The molecule has 2 atom stereocenters. The Morgan fingerprint density at radius 1 is 1.22 bits per heavy atom. The van der Waals surface area contributed by atoms with E-state index < -0.39 is 18.1 Å². The van der Waals surface area contributed by atoms with Crippen LogP contribution in [0.15, 0.2) is 42.5 Å². The fraction of sp³-hybridized carbons (Fsp3) is 0.214. The molecule has 94 valence electrons. The Kier molecular flexibility index (Phi) is 3.48. The van der Waals surface area contributed by atoms with E-state index in [4.69, 9.17) is 15.6 Å². The van der Waals surface area contributed by atoms with E-state index in [0.29, 0.717) is 5.75 Å². The van der Waals surface area contributed by atoms with E-state index in [1.54, 1.807) is 6.92 Å². The van der Waals surface area contributed by atoms with Crippen LogP contribution in [0, 0.1) is 0 Å². The molecule has 3 N–H and O–H groups in total. The number of carbonyl (C=O) groups is 1. The molecule has 0 saturated carbocycles. The van der Waals surface area contributed by atoms with Crippen LogP contribution in [0.25, 0.3) is 10.8 Å². The number of carboxylic acids is 1. The van der Waals surface area contributed by atoms with Crippen molar-refractivity contribution in [2.45, 2.75) is 19.1 Å². The van der Waals surface area contributed by atoms with Crippen molar-refractivity contribution in [3.05, 3.63) is 42.5 Å². The molecular weight excluding hydrogens is 230 g/mol. The van der Waals surface area contributed by atoms with Gasteiger partial charge in [-0.1, -0.05) is 30.3 Å². The first-order chi connectivity index (χ1) is 8.58. The normalized spacial score (nSPS) is 14.1. The van der Waals surface area contributed by atoms with Crippen LogP contribution >= 0.6 is 0 Å². The Labute approximate surface area is 105 Å². The standard InChI is InChI=1S/C14H15NO3/c1-9(13(15)14(16)17)18-12-7-6-10-4-2-3-5-11(10)8-12/h2-9,13H,15H2,1H3,(H,16,17)/t9-,13+/m1/s1. The van der Waals surface area contributed by atoms with Gasteiger partial charge in [0.15, 0.2) is 0 Å². The van der Waals surface area contributed by atoms with Gasteiger partial charge >= 0.3 is 5.97 Å². The summed E-state index contributed by atoms with van der Waals surface area (Å²) >= 11 is 0. The number of ether oxygens (including phenoxy) is 1. The molecule has 2 aromatic carbocycles. The molecule has 0 aliphatic heterocycles. The van der Waals surface area contributed by atoms with Crippen LogP contribution in [0.4, 0.5) is 0 Å². The number of aliphatic carboxylic acids is 1. The summed E-state index contributed by atoms with van der Waals surface area (Å²) in [5, 5.41) is 11.0. The molecule has 0 unspecified atom stereocenters. The van der Waals surface area contributed by atoms with E-state index in [0.717, 1.165) is 10.8 Å². The molecule has 0 saturated heterocycles. The van der Waals surface area contributed by atoms with E-state index in [1.807, 2.05) is 42.5 Å². The lowest BCUT2D eigenvalue weighted by atomic mass is 10.1. The predicted octanol–water partition coefficient (Wildman–Crippen LogP) is 2.02. The highest BCUT2D eigenvalue weighted by atomic mass is 16.5. The lowest BCUT2D eigenvalue weighted by Crippen LogP contribution is -2.43. The van der Waals surface area contributed by atoms with Gasteiger partial charge in [0.2, 0.25) is 0 Å². The van der Waals surface area contributed by atoms with Crippen molar-refractivity contribution in [2.24, 2.45) is 5.73 Å². The molecule has 2 aromatic rings. The summed E-state index contributed by atoms with van der Waals surface area (Å²) < 4.78 is 5.54. The molecule has 0 aliphatic carbocycles. The van der Waals surface area contributed by atoms with E-state index in [1.165, 1.54) is 0 Å². The lowest BCUT2D eigenvalue weighted by molar-refractivity contribution is -0.140. The summed E-state index contributed by atoms with van der Waals surface area (Å²) in [4.78, 5) is 10.7. The summed E-state index contributed by atoms with van der Waals surface area (Å²) in [7, 11) is 0.